The van der Waals surface area contributed by atoms with Crippen LogP contribution in [0.5, 0.6) is 0 Å². The lowest BCUT2D eigenvalue weighted by atomic mass is 9.95. The number of hydrogen-bond donors (Lipinski definition) is 3. The molecule has 5 heteroatoms. The Kier molecular flexibility index (Phi) is 4.15. The molecule has 0 amide bonds. The summed E-state index contributed by atoms with van der Waals surface area (Å²) in [6, 6.07) is 0. The first-order chi connectivity index (χ1) is 7.31. The van der Waals surface area contributed by atoms with Crippen LogP contribution in [0.25, 0.3) is 0 Å². The Labute approximate surface area is 97.1 Å². The third-order valence-electron chi connectivity index (χ3n) is 2.47. The molecule has 0 saturated carbocycles. The molecule has 0 aromatic carbocycles. The smallest absolute Gasteiger partial charge is 0.189 e. The summed E-state index contributed by atoms with van der Waals surface area (Å²) in [5.74, 6) is 0.382. The van der Waals surface area contributed by atoms with Crippen molar-refractivity contribution < 1.29 is 9.84 Å². The minimum Gasteiger partial charge on any atom is -0.388 e. The fourth-order valence-electron chi connectivity index (χ4n) is 1.57. The first kappa shape index (κ1) is 13.3. The molecule has 0 radical (unpaired) electrons. The Balaban J connectivity index is 2.44. The molecule has 1 saturated heterocycles. The molecule has 1 fully saturated rings. The second-order valence-corrected chi connectivity index (χ2v) is 5.41. The number of ether oxygens (including phenoxy) is 1. The highest BCUT2D eigenvalue weighted by Gasteiger charge is 2.29. The van der Waals surface area contributed by atoms with Crippen molar-refractivity contribution in [1.82, 2.24) is 5.32 Å². The number of nitrogens with two attached hydrogens (primary N) is 1. The van der Waals surface area contributed by atoms with Crippen molar-refractivity contribution >= 4 is 5.96 Å². The average molecular weight is 229 g/mol. The lowest BCUT2D eigenvalue weighted by Gasteiger charge is -2.30. The first-order valence-electron chi connectivity index (χ1n) is 5.69. The van der Waals surface area contributed by atoms with E-state index in [0.29, 0.717) is 38.6 Å². The molecule has 0 aromatic rings. The van der Waals surface area contributed by atoms with Gasteiger partial charge in [-0.1, -0.05) is 0 Å². The first-order valence-corrected chi connectivity index (χ1v) is 5.69. The van der Waals surface area contributed by atoms with Crippen LogP contribution in [0.3, 0.4) is 0 Å². The van der Waals surface area contributed by atoms with Crippen molar-refractivity contribution in [3.05, 3.63) is 0 Å². The zero-order valence-electron chi connectivity index (χ0n) is 10.4. The summed E-state index contributed by atoms with van der Waals surface area (Å²) in [5.41, 5.74) is 4.88. The summed E-state index contributed by atoms with van der Waals surface area (Å²) in [6.07, 6.45) is 1.25. The number of nitrogens with zero attached hydrogens (tertiary/aromatic N) is 1. The van der Waals surface area contributed by atoms with Gasteiger partial charge in [-0.25, -0.2) is 0 Å². The highest BCUT2D eigenvalue weighted by Crippen LogP contribution is 2.20. The maximum atomic E-state index is 10.1. The van der Waals surface area contributed by atoms with E-state index < -0.39 is 5.60 Å². The lowest BCUT2D eigenvalue weighted by Crippen LogP contribution is -2.46. The van der Waals surface area contributed by atoms with Gasteiger partial charge in [-0.2, -0.15) is 0 Å². The minimum atomic E-state index is -0.748. The molecular weight excluding hydrogens is 206 g/mol. The molecule has 1 aliphatic heterocycles. The van der Waals surface area contributed by atoms with Gasteiger partial charge in [0.1, 0.15) is 0 Å². The molecule has 0 unspecified atom stereocenters. The van der Waals surface area contributed by atoms with Crippen molar-refractivity contribution in [2.24, 2.45) is 10.7 Å². The van der Waals surface area contributed by atoms with E-state index in [2.05, 4.69) is 10.3 Å². The molecule has 1 aliphatic rings. The predicted molar refractivity (Wildman–Crippen MR) is 64.4 cm³/mol. The standard InChI is InChI=1S/C11H23N3O2/c1-10(2,3)14-9(12)13-8-11(15)4-6-16-7-5-11/h15H,4-8H2,1-3H3,(H3,12,13,14). The third-order valence-corrected chi connectivity index (χ3v) is 2.47. The quantitative estimate of drug-likeness (QED) is 0.468. The second kappa shape index (κ2) is 5.01. The summed E-state index contributed by atoms with van der Waals surface area (Å²) in [5, 5.41) is 13.2. The largest absolute Gasteiger partial charge is 0.388 e. The van der Waals surface area contributed by atoms with Gasteiger partial charge in [0.25, 0.3) is 0 Å². The number of nitrogens with one attached hydrogen (secondary N) is 1. The molecule has 0 bridgehead atoms. The van der Waals surface area contributed by atoms with Gasteiger partial charge >= 0.3 is 0 Å². The van der Waals surface area contributed by atoms with E-state index in [9.17, 15) is 5.11 Å². The van der Waals surface area contributed by atoms with Gasteiger partial charge in [-0.3, -0.25) is 4.99 Å². The molecule has 0 spiro atoms. The molecule has 16 heavy (non-hydrogen) atoms. The van der Waals surface area contributed by atoms with E-state index >= 15 is 0 Å². The van der Waals surface area contributed by atoms with Crippen LogP contribution in [0.2, 0.25) is 0 Å². The number of rotatable bonds is 2. The van der Waals surface area contributed by atoms with Gasteiger partial charge in [0.15, 0.2) is 5.96 Å². The summed E-state index contributed by atoms with van der Waals surface area (Å²) in [6.45, 7) is 7.57. The van der Waals surface area contributed by atoms with Gasteiger partial charge in [-0.15, -0.1) is 0 Å². The zero-order valence-corrected chi connectivity index (χ0v) is 10.4. The van der Waals surface area contributed by atoms with Crippen LogP contribution in [0.15, 0.2) is 4.99 Å². The van der Waals surface area contributed by atoms with E-state index in [4.69, 9.17) is 10.5 Å². The monoisotopic (exact) mass is 229 g/mol. The average Bonchev–Trinajstić information content (AvgIpc) is 2.14. The van der Waals surface area contributed by atoms with Crippen LogP contribution in [0.4, 0.5) is 0 Å². The number of aliphatic imine (C=N–C) groups is 1. The topological polar surface area (TPSA) is 79.9 Å². The van der Waals surface area contributed by atoms with Crippen molar-refractivity contribution in [2.75, 3.05) is 19.8 Å². The Morgan fingerprint density at radius 1 is 1.44 bits per heavy atom. The maximum Gasteiger partial charge on any atom is 0.189 e. The fraction of sp³-hybridized carbons (Fsp3) is 0.909. The van der Waals surface area contributed by atoms with Gasteiger partial charge in [0, 0.05) is 31.6 Å². The molecule has 1 rings (SSSR count). The SMILES string of the molecule is CC(C)(C)NC(N)=NCC1(O)CCOCC1. The third kappa shape index (κ3) is 4.81. The van der Waals surface area contributed by atoms with Crippen molar-refractivity contribution in [3.63, 3.8) is 0 Å². The van der Waals surface area contributed by atoms with Crippen LogP contribution < -0.4 is 11.1 Å². The molecule has 4 N–H and O–H groups in total. The summed E-state index contributed by atoms with van der Waals surface area (Å²) < 4.78 is 5.20. The van der Waals surface area contributed by atoms with Crippen molar-refractivity contribution in [1.29, 1.82) is 0 Å². The number of aliphatic hydroxyl groups is 1. The van der Waals surface area contributed by atoms with Crippen molar-refractivity contribution in [3.8, 4) is 0 Å². The van der Waals surface area contributed by atoms with E-state index in [1.807, 2.05) is 20.8 Å². The molecule has 1 heterocycles. The molecule has 5 nitrogen and oxygen atoms in total. The Morgan fingerprint density at radius 3 is 2.50 bits per heavy atom. The van der Waals surface area contributed by atoms with Crippen LogP contribution in [-0.2, 0) is 4.74 Å². The summed E-state index contributed by atoms with van der Waals surface area (Å²) >= 11 is 0. The molecule has 0 aromatic heterocycles. The van der Waals surface area contributed by atoms with Crippen LogP contribution >= 0.6 is 0 Å². The van der Waals surface area contributed by atoms with Crippen molar-refractivity contribution in [2.45, 2.75) is 44.8 Å². The molecule has 0 atom stereocenters. The van der Waals surface area contributed by atoms with E-state index in [1.165, 1.54) is 0 Å². The molecular formula is C11H23N3O2. The maximum absolute atomic E-state index is 10.1. The highest BCUT2D eigenvalue weighted by atomic mass is 16.5. The Hall–Kier alpha value is -0.810. The van der Waals surface area contributed by atoms with Crippen LogP contribution in [-0.4, -0.2) is 42.0 Å². The minimum absolute atomic E-state index is 0.105. The van der Waals surface area contributed by atoms with Crippen LogP contribution in [0, 0.1) is 0 Å². The fourth-order valence-corrected chi connectivity index (χ4v) is 1.57. The van der Waals surface area contributed by atoms with Gasteiger partial charge in [-0.05, 0) is 20.8 Å². The lowest BCUT2D eigenvalue weighted by molar-refractivity contribution is -0.0565. The normalized spacial score (nSPS) is 21.9. The molecule has 94 valence electrons. The van der Waals surface area contributed by atoms with E-state index in [0.717, 1.165) is 0 Å². The van der Waals surface area contributed by atoms with Crippen LogP contribution in [0.1, 0.15) is 33.6 Å². The number of guanidine groups is 1. The number of hydrogen-bond acceptors (Lipinski definition) is 3. The van der Waals surface area contributed by atoms with E-state index in [1.54, 1.807) is 0 Å². The highest BCUT2D eigenvalue weighted by molar-refractivity contribution is 5.78. The Morgan fingerprint density at radius 2 is 2.00 bits per heavy atom. The second-order valence-electron chi connectivity index (χ2n) is 5.41. The van der Waals surface area contributed by atoms with E-state index in [-0.39, 0.29) is 5.54 Å². The predicted octanol–water partition coefficient (Wildman–Crippen LogP) is 0.231. The van der Waals surface area contributed by atoms with Gasteiger partial charge in [0.2, 0.25) is 0 Å². The summed E-state index contributed by atoms with van der Waals surface area (Å²) in [4.78, 5) is 4.18. The zero-order chi connectivity index (χ0) is 12.2. The summed E-state index contributed by atoms with van der Waals surface area (Å²) in [7, 11) is 0. The molecule has 0 aliphatic carbocycles. The van der Waals surface area contributed by atoms with Gasteiger partial charge < -0.3 is 20.9 Å². The Bertz CT molecular complexity index is 252. The van der Waals surface area contributed by atoms with Gasteiger partial charge in [0.05, 0.1) is 12.1 Å².